The van der Waals surface area contributed by atoms with Crippen molar-refractivity contribution in [1.29, 1.82) is 0 Å². The highest BCUT2D eigenvalue weighted by molar-refractivity contribution is 5.80. The summed E-state index contributed by atoms with van der Waals surface area (Å²) in [5, 5.41) is 12.5. The SMILES string of the molecule is CC(NC(=O)N1CCC(C(=O)O)(C(C)C)C1)C1CCCO1. The molecule has 0 aromatic heterocycles. The van der Waals surface area contributed by atoms with Crippen molar-refractivity contribution in [1.82, 2.24) is 10.2 Å². The average Bonchev–Trinajstić information content (AvgIpc) is 3.09. The first-order valence-electron chi connectivity index (χ1n) is 7.77. The molecule has 0 saturated carbocycles. The van der Waals surface area contributed by atoms with Crippen LogP contribution in [0.15, 0.2) is 0 Å². The van der Waals surface area contributed by atoms with Crippen LogP contribution in [0.2, 0.25) is 0 Å². The van der Waals surface area contributed by atoms with Gasteiger partial charge in [0.15, 0.2) is 0 Å². The molecule has 2 aliphatic rings. The Bertz CT molecular complexity index is 406. The van der Waals surface area contributed by atoms with Crippen LogP contribution < -0.4 is 5.32 Å². The van der Waals surface area contributed by atoms with Crippen LogP contribution in [0.4, 0.5) is 4.79 Å². The van der Waals surface area contributed by atoms with E-state index in [1.807, 2.05) is 20.8 Å². The number of ether oxygens (including phenoxy) is 1. The molecule has 0 radical (unpaired) electrons. The smallest absolute Gasteiger partial charge is 0.317 e. The number of hydrogen-bond donors (Lipinski definition) is 2. The summed E-state index contributed by atoms with van der Waals surface area (Å²) in [7, 11) is 0. The van der Waals surface area contributed by atoms with Gasteiger partial charge in [0.25, 0.3) is 0 Å². The third-order valence-corrected chi connectivity index (χ3v) is 4.99. The van der Waals surface area contributed by atoms with Crippen LogP contribution in [0.3, 0.4) is 0 Å². The summed E-state index contributed by atoms with van der Waals surface area (Å²) in [4.78, 5) is 25.5. The number of rotatable bonds is 4. The highest BCUT2D eigenvalue weighted by Crippen LogP contribution is 2.38. The van der Waals surface area contributed by atoms with E-state index in [9.17, 15) is 14.7 Å². The molecule has 3 unspecified atom stereocenters. The molecule has 21 heavy (non-hydrogen) atoms. The quantitative estimate of drug-likeness (QED) is 0.828. The minimum Gasteiger partial charge on any atom is -0.481 e. The number of likely N-dealkylation sites (tertiary alicyclic amines) is 1. The van der Waals surface area contributed by atoms with Crippen LogP contribution >= 0.6 is 0 Å². The molecule has 2 heterocycles. The molecule has 3 atom stereocenters. The van der Waals surface area contributed by atoms with Crippen molar-refractivity contribution >= 4 is 12.0 Å². The standard InChI is InChI=1S/C15H26N2O4/c1-10(2)15(13(18)19)6-7-17(9-15)14(20)16-11(3)12-5-4-8-21-12/h10-12H,4-9H2,1-3H3,(H,16,20)(H,18,19). The third-order valence-electron chi connectivity index (χ3n) is 4.99. The van der Waals surface area contributed by atoms with Crippen LogP contribution in [0.1, 0.15) is 40.0 Å². The van der Waals surface area contributed by atoms with Crippen molar-refractivity contribution in [2.24, 2.45) is 11.3 Å². The number of urea groups is 1. The lowest BCUT2D eigenvalue weighted by molar-refractivity contribution is -0.150. The van der Waals surface area contributed by atoms with E-state index in [0.717, 1.165) is 19.4 Å². The molecule has 2 amide bonds. The van der Waals surface area contributed by atoms with E-state index in [2.05, 4.69) is 5.32 Å². The summed E-state index contributed by atoms with van der Waals surface area (Å²) in [5.41, 5.74) is -0.815. The van der Waals surface area contributed by atoms with Crippen molar-refractivity contribution in [2.75, 3.05) is 19.7 Å². The summed E-state index contributed by atoms with van der Waals surface area (Å²) in [6, 6.07) is -0.222. The average molecular weight is 298 g/mol. The van der Waals surface area contributed by atoms with Crippen LogP contribution in [-0.4, -0.2) is 53.8 Å². The second-order valence-electron chi connectivity index (χ2n) is 6.58. The summed E-state index contributed by atoms with van der Waals surface area (Å²) in [6.07, 6.45) is 2.59. The molecule has 2 aliphatic heterocycles. The monoisotopic (exact) mass is 298 g/mol. The van der Waals surface area contributed by atoms with Crippen LogP contribution in [-0.2, 0) is 9.53 Å². The van der Waals surface area contributed by atoms with Gasteiger partial charge in [-0.1, -0.05) is 13.8 Å². The summed E-state index contributed by atoms with van der Waals surface area (Å²) >= 11 is 0. The number of aliphatic carboxylic acids is 1. The zero-order chi connectivity index (χ0) is 15.6. The minimum absolute atomic E-state index is 0.00314. The van der Waals surface area contributed by atoms with Crippen molar-refractivity contribution in [3.05, 3.63) is 0 Å². The zero-order valence-corrected chi connectivity index (χ0v) is 13.1. The van der Waals surface area contributed by atoms with E-state index >= 15 is 0 Å². The Morgan fingerprint density at radius 1 is 1.38 bits per heavy atom. The van der Waals surface area contributed by atoms with E-state index < -0.39 is 11.4 Å². The van der Waals surface area contributed by atoms with Gasteiger partial charge in [-0.3, -0.25) is 4.79 Å². The second-order valence-corrected chi connectivity index (χ2v) is 6.58. The third kappa shape index (κ3) is 3.15. The first-order chi connectivity index (χ1) is 9.86. The molecule has 2 saturated heterocycles. The van der Waals surface area contributed by atoms with Gasteiger partial charge < -0.3 is 20.1 Å². The maximum absolute atomic E-state index is 12.3. The molecule has 6 nitrogen and oxygen atoms in total. The maximum atomic E-state index is 12.3. The van der Waals surface area contributed by atoms with Gasteiger partial charge in [-0.05, 0) is 32.1 Å². The van der Waals surface area contributed by atoms with E-state index in [0.29, 0.717) is 13.0 Å². The zero-order valence-electron chi connectivity index (χ0n) is 13.1. The van der Waals surface area contributed by atoms with Crippen molar-refractivity contribution in [3.63, 3.8) is 0 Å². The predicted molar refractivity (Wildman–Crippen MR) is 78.1 cm³/mol. The van der Waals surface area contributed by atoms with Crippen molar-refractivity contribution < 1.29 is 19.4 Å². The Hall–Kier alpha value is -1.30. The molecule has 0 spiro atoms. The van der Waals surface area contributed by atoms with Gasteiger partial charge in [0.1, 0.15) is 0 Å². The first-order valence-corrected chi connectivity index (χ1v) is 7.77. The van der Waals surface area contributed by atoms with Crippen molar-refractivity contribution in [2.45, 2.75) is 52.2 Å². The number of nitrogens with one attached hydrogen (secondary N) is 1. The topological polar surface area (TPSA) is 78.9 Å². The number of nitrogens with zero attached hydrogens (tertiary/aromatic N) is 1. The Kier molecular flexibility index (Phi) is 4.76. The predicted octanol–water partition coefficient (Wildman–Crippen LogP) is 1.70. The maximum Gasteiger partial charge on any atom is 0.317 e. The molecule has 0 aromatic carbocycles. The normalized spacial score (nSPS) is 30.7. The fourth-order valence-corrected chi connectivity index (χ4v) is 3.28. The molecular weight excluding hydrogens is 272 g/mol. The van der Waals surface area contributed by atoms with Gasteiger partial charge in [-0.15, -0.1) is 0 Å². The fraction of sp³-hybridized carbons (Fsp3) is 0.867. The van der Waals surface area contributed by atoms with Gasteiger partial charge in [0, 0.05) is 19.7 Å². The highest BCUT2D eigenvalue weighted by atomic mass is 16.5. The Morgan fingerprint density at radius 2 is 2.10 bits per heavy atom. The molecule has 2 N–H and O–H groups in total. The fourth-order valence-electron chi connectivity index (χ4n) is 3.28. The number of carbonyl (C=O) groups excluding carboxylic acids is 1. The molecule has 120 valence electrons. The molecule has 0 aliphatic carbocycles. The van der Waals surface area contributed by atoms with Gasteiger partial charge in [-0.2, -0.15) is 0 Å². The van der Waals surface area contributed by atoms with E-state index in [1.165, 1.54) is 0 Å². The lowest BCUT2D eigenvalue weighted by Crippen LogP contribution is -2.48. The molecular formula is C15H26N2O4. The molecule has 2 fully saturated rings. The second kappa shape index (κ2) is 6.22. The van der Waals surface area contributed by atoms with Gasteiger partial charge >= 0.3 is 12.0 Å². The summed E-state index contributed by atoms with van der Waals surface area (Å²) in [5.74, 6) is -0.802. The van der Waals surface area contributed by atoms with Crippen LogP contribution in [0.25, 0.3) is 0 Å². The van der Waals surface area contributed by atoms with Crippen molar-refractivity contribution in [3.8, 4) is 0 Å². The Morgan fingerprint density at radius 3 is 2.57 bits per heavy atom. The number of hydrogen-bond acceptors (Lipinski definition) is 3. The molecule has 0 bridgehead atoms. The number of amides is 2. The number of carbonyl (C=O) groups is 2. The van der Waals surface area contributed by atoms with Crippen LogP contribution in [0, 0.1) is 11.3 Å². The van der Waals surface area contributed by atoms with Gasteiger partial charge in [0.2, 0.25) is 0 Å². The highest BCUT2D eigenvalue weighted by Gasteiger charge is 2.48. The lowest BCUT2D eigenvalue weighted by Gasteiger charge is -2.29. The molecule has 2 rings (SSSR count). The first kappa shape index (κ1) is 16.1. The van der Waals surface area contributed by atoms with E-state index in [-0.39, 0.29) is 30.6 Å². The van der Waals surface area contributed by atoms with Gasteiger partial charge in [-0.25, -0.2) is 4.79 Å². The van der Waals surface area contributed by atoms with E-state index in [4.69, 9.17) is 4.74 Å². The Labute approximate surface area is 125 Å². The number of carboxylic acids is 1. The summed E-state index contributed by atoms with van der Waals surface area (Å²) in [6.45, 7) is 7.29. The minimum atomic E-state index is -0.815. The Balaban J connectivity index is 1.93. The molecule has 6 heteroatoms. The van der Waals surface area contributed by atoms with Crippen LogP contribution in [0.5, 0.6) is 0 Å². The largest absolute Gasteiger partial charge is 0.481 e. The molecule has 0 aromatic rings. The number of carboxylic acid groups (broad SMARTS) is 1. The lowest BCUT2D eigenvalue weighted by atomic mass is 9.76. The summed E-state index contributed by atoms with van der Waals surface area (Å²) < 4.78 is 5.57. The van der Waals surface area contributed by atoms with E-state index in [1.54, 1.807) is 4.90 Å². The van der Waals surface area contributed by atoms with Gasteiger partial charge in [0.05, 0.1) is 17.6 Å².